The Morgan fingerprint density at radius 1 is 1.33 bits per heavy atom. The average molecular weight is 304 g/mol. The molecular weight excluding hydrogens is 280 g/mol. The molecule has 3 aliphatic carbocycles. The molecule has 114 valence electrons. The van der Waals surface area contributed by atoms with Crippen LogP contribution in [0, 0.1) is 28.6 Å². The monoisotopic (exact) mass is 304 g/mol. The second kappa shape index (κ2) is 4.48. The fourth-order valence-electron chi connectivity index (χ4n) is 5.49. The van der Waals surface area contributed by atoms with Crippen molar-refractivity contribution in [3.63, 3.8) is 0 Å². The first-order valence-electron chi connectivity index (χ1n) is 8.14. The van der Waals surface area contributed by atoms with Crippen LogP contribution in [0.3, 0.4) is 0 Å². The van der Waals surface area contributed by atoms with Gasteiger partial charge in [0, 0.05) is 10.7 Å². The zero-order valence-electron chi connectivity index (χ0n) is 12.8. The molecule has 0 spiro atoms. The molecule has 4 rings (SSSR count). The molecule has 0 aromatic heterocycles. The smallest absolute Gasteiger partial charge is 0.178 e. The summed E-state index contributed by atoms with van der Waals surface area (Å²) in [5.74, 6) is 1.98. The number of hydrogen-bond donors (Lipinski definition) is 1. The molecule has 0 aromatic rings. The second-order valence-corrected chi connectivity index (χ2v) is 8.62. The van der Waals surface area contributed by atoms with E-state index in [2.05, 4.69) is 19.9 Å². The lowest BCUT2D eigenvalue weighted by molar-refractivity contribution is -0.111. The van der Waals surface area contributed by atoms with Crippen LogP contribution in [0.5, 0.6) is 0 Å². The number of allylic oxidation sites excluding steroid dienone is 4. The molecule has 3 heteroatoms. The summed E-state index contributed by atoms with van der Waals surface area (Å²) in [7, 11) is 0. The van der Waals surface area contributed by atoms with Gasteiger partial charge in [0.05, 0.1) is 13.2 Å². The molecule has 2 saturated carbocycles. The van der Waals surface area contributed by atoms with E-state index in [4.69, 9.17) is 17.4 Å². The standard InChI is InChI=1S/C18H24O2S/c1-17-5-4-13-16(14(17)9-20-10-17)15(21)8-11-7-12(19)3-6-18(11,13)2/h3,6-7,13-16,21H,4-5,8-10H2,1-2H3/t13-,14-,15+,16+,17+,18-/m0/s1. The highest BCUT2D eigenvalue weighted by Gasteiger charge is 2.58. The highest BCUT2D eigenvalue weighted by Crippen LogP contribution is 2.62. The van der Waals surface area contributed by atoms with Gasteiger partial charge >= 0.3 is 0 Å². The van der Waals surface area contributed by atoms with E-state index in [1.165, 1.54) is 18.4 Å². The predicted molar refractivity (Wildman–Crippen MR) is 86.4 cm³/mol. The van der Waals surface area contributed by atoms with E-state index in [0.717, 1.165) is 19.6 Å². The van der Waals surface area contributed by atoms with Crippen LogP contribution >= 0.6 is 12.6 Å². The van der Waals surface area contributed by atoms with E-state index < -0.39 is 0 Å². The summed E-state index contributed by atoms with van der Waals surface area (Å²) in [6, 6.07) is 0. The maximum absolute atomic E-state index is 11.8. The Balaban J connectivity index is 1.76. The van der Waals surface area contributed by atoms with Crippen molar-refractivity contribution in [1.29, 1.82) is 0 Å². The maximum Gasteiger partial charge on any atom is 0.178 e. The average Bonchev–Trinajstić information content (AvgIpc) is 2.82. The molecule has 4 aliphatic rings. The van der Waals surface area contributed by atoms with Crippen LogP contribution in [0.4, 0.5) is 0 Å². The highest BCUT2D eigenvalue weighted by molar-refractivity contribution is 7.81. The molecule has 0 bridgehead atoms. The molecule has 2 nitrogen and oxygen atoms in total. The molecule has 3 fully saturated rings. The molecule has 0 aromatic carbocycles. The van der Waals surface area contributed by atoms with Crippen LogP contribution in [-0.2, 0) is 9.53 Å². The van der Waals surface area contributed by atoms with Crippen LogP contribution in [0.25, 0.3) is 0 Å². The van der Waals surface area contributed by atoms with Gasteiger partial charge < -0.3 is 4.74 Å². The van der Waals surface area contributed by atoms with Crippen molar-refractivity contribution in [2.75, 3.05) is 13.2 Å². The van der Waals surface area contributed by atoms with Gasteiger partial charge in [0.25, 0.3) is 0 Å². The molecule has 0 amide bonds. The Labute approximate surface area is 132 Å². The molecule has 21 heavy (non-hydrogen) atoms. The zero-order chi connectivity index (χ0) is 14.8. The van der Waals surface area contributed by atoms with E-state index in [-0.39, 0.29) is 11.2 Å². The van der Waals surface area contributed by atoms with E-state index in [0.29, 0.717) is 28.4 Å². The third kappa shape index (κ3) is 1.86. The second-order valence-electron chi connectivity index (χ2n) is 7.96. The maximum atomic E-state index is 11.8. The van der Waals surface area contributed by atoms with Gasteiger partial charge in [0.2, 0.25) is 0 Å². The van der Waals surface area contributed by atoms with Crippen molar-refractivity contribution in [1.82, 2.24) is 0 Å². The molecule has 1 saturated heterocycles. The largest absolute Gasteiger partial charge is 0.381 e. The number of carbonyl (C=O) groups is 1. The number of rotatable bonds is 0. The number of ether oxygens (including phenoxy) is 1. The summed E-state index contributed by atoms with van der Waals surface area (Å²) in [5.41, 5.74) is 1.70. The van der Waals surface area contributed by atoms with Crippen molar-refractivity contribution >= 4 is 18.4 Å². The van der Waals surface area contributed by atoms with E-state index >= 15 is 0 Å². The summed E-state index contributed by atoms with van der Waals surface area (Å²) < 4.78 is 5.86. The number of ketones is 1. The Morgan fingerprint density at radius 2 is 2.14 bits per heavy atom. The van der Waals surface area contributed by atoms with Gasteiger partial charge in [0.1, 0.15) is 0 Å². The molecule has 1 heterocycles. The van der Waals surface area contributed by atoms with Crippen LogP contribution in [-0.4, -0.2) is 24.2 Å². The predicted octanol–water partition coefficient (Wildman–Crippen LogP) is 3.44. The highest BCUT2D eigenvalue weighted by atomic mass is 32.1. The summed E-state index contributed by atoms with van der Waals surface area (Å²) in [4.78, 5) is 11.8. The van der Waals surface area contributed by atoms with Crippen molar-refractivity contribution in [2.45, 2.75) is 38.4 Å². The van der Waals surface area contributed by atoms with Crippen LogP contribution in [0.1, 0.15) is 33.1 Å². The first-order valence-corrected chi connectivity index (χ1v) is 8.66. The Morgan fingerprint density at radius 3 is 2.95 bits per heavy atom. The van der Waals surface area contributed by atoms with Crippen molar-refractivity contribution < 1.29 is 9.53 Å². The lowest BCUT2D eigenvalue weighted by atomic mass is 9.48. The van der Waals surface area contributed by atoms with Crippen molar-refractivity contribution in [3.05, 3.63) is 23.8 Å². The summed E-state index contributed by atoms with van der Waals surface area (Å²) in [6.07, 6.45) is 9.25. The molecular formula is C18H24O2S. The van der Waals surface area contributed by atoms with Gasteiger partial charge in [-0.25, -0.2) is 0 Å². The van der Waals surface area contributed by atoms with Crippen LogP contribution in [0.15, 0.2) is 23.8 Å². The van der Waals surface area contributed by atoms with E-state index in [9.17, 15) is 4.79 Å². The van der Waals surface area contributed by atoms with Gasteiger partial charge in [-0.2, -0.15) is 12.6 Å². The van der Waals surface area contributed by atoms with Gasteiger partial charge in [-0.3, -0.25) is 4.79 Å². The molecule has 1 aliphatic heterocycles. The third-order valence-electron chi connectivity index (χ3n) is 6.83. The lowest BCUT2D eigenvalue weighted by Gasteiger charge is -2.57. The van der Waals surface area contributed by atoms with Crippen LogP contribution in [0.2, 0.25) is 0 Å². The quantitative estimate of drug-likeness (QED) is 0.694. The van der Waals surface area contributed by atoms with Gasteiger partial charge in [-0.1, -0.05) is 25.5 Å². The number of thiol groups is 1. The summed E-state index contributed by atoms with van der Waals surface area (Å²) >= 11 is 4.95. The molecule has 0 unspecified atom stereocenters. The summed E-state index contributed by atoms with van der Waals surface area (Å²) in [6.45, 7) is 6.54. The van der Waals surface area contributed by atoms with Gasteiger partial charge in [-0.05, 0) is 54.6 Å². The lowest BCUT2D eigenvalue weighted by Crippen LogP contribution is -2.53. The molecule has 0 radical (unpaired) electrons. The molecule has 0 N–H and O–H groups in total. The fraction of sp³-hybridized carbons (Fsp3) is 0.722. The minimum Gasteiger partial charge on any atom is -0.381 e. The third-order valence-corrected chi connectivity index (χ3v) is 7.35. The first kappa shape index (κ1) is 14.1. The van der Waals surface area contributed by atoms with Gasteiger partial charge in [0.15, 0.2) is 5.78 Å². The number of hydrogen-bond acceptors (Lipinski definition) is 3. The summed E-state index contributed by atoms with van der Waals surface area (Å²) in [5, 5.41) is 0.361. The number of carbonyl (C=O) groups excluding carboxylic acids is 1. The van der Waals surface area contributed by atoms with Crippen molar-refractivity contribution in [3.8, 4) is 0 Å². The topological polar surface area (TPSA) is 26.3 Å². The Kier molecular flexibility index (Phi) is 3.01. The van der Waals surface area contributed by atoms with E-state index in [1.807, 2.05) is 6.08 Å². The number of fused-ring (bicyclic) bond motifs is 5. The minimum absolute atomic E-state index is 0.0573. The normalized spacial score (nSPS) is 52.0. The molecule has 6 atom stereocenters. The van der Waals surface area contributed by atoms with Crippen LogP contribution < -0.4 is 0 Å². The van der Waals surface area contributed by atoms with Gasteiger partial charge in [-0.15, -0.1) is 0 Å². The van der Waals surface area contributed by atoms with E-state index in [1.54, 1.807) is 6.08 Å². The zero-order valence-corrected chi connectivity index (χ0v) is 13.7. The van der Waals surface area contributed by atoms with Crippen molar-refractivity contribution in [2.24, 2.45) is 28.6 Å². The Bertz CT molecular complexity index is 551. The minimum atomic E-state index is 0.0573. The Hall–Kier alpha value is -0.540. The fourth-order valence-corrected chi connectivity index (χ4v) is 6.11. The first-order chi connectivity index (χ1) is 9.94. The SMILES string of the molecule is C[C@]12CC[C@H]3[C@@H]([C@H](S)CC4=CC(=O)C=C[C@@]43C)[C@@H]1COC2.